The van der Waals surface area contributed by atoms with Crippen LogP contribution < -0.4 is 0 Å². The maximum absolute atomic E-state index is 12.9. The minimum Gasteiger partial charge on any atom is -0.462 e. The Balaban J connectivity index is 4.09. The third-order valence-electron chi connectivity index (χ3n) is 14.9. The molecular formula is C78H133NO8P+. The van der Waals surface area contributed by atoms with Gasteiger partial charge in [0.1, 0.15) is 19.8 Å². The second-order valence-corrected chi connectivity index (χ2v) is 26.0. The molecule has 9 nitrogen and oxygen atoms in total. The summed E-state index contributed by atoms with van der Waals surface area (Å²) in [5.41, 5.74) is 0. The van der Waals surface area contributed by atoms with Gasteiger partial charge in [0.2, 0.25) is 0 Å². The summed E-state index contributed by atoms with van der Waals surface area (Å²) in [5.74, 6) is -0.827. The summed E-state index contributed by atoms with van der Waals surface area (Å²) in [6.07, 6.45) is 99.6. The van der Waals surface area contributed by atoms with E-state index >= 15 is 0 Å². The van der Waals surface area contributed by atoms with E-state index in [1.807, 2.05) is 21.1 Å². The second-order valence-electron chi connectivity index (χ2n) is 24.5. The summed E-state index contributed by atoms with van der Waals surface area (Å²) in [6.45, 7) is 4.19. The van der Waals surface area contributed by atoms with E-state index in [2.05, 4.69) is 160 Å². The van der Waals surface area contributed by atoms with E-state index < -0.39 is 26.5 Å². The molecule has 2 atom stereocenters. The van der Waals surface area contributed by atoms with E-state index in [4.69, 9.17) is 18.5 Å². The molecule has 0 aliphatic rings. The Bertz CT molecular complexity index is 2000. The van der Waals surface area contributed by atoms with Gasteiger partial charge < -0.3 is 18.9 Å². The van der Waals surface area contributed by atoms with Crippen molar-refractivity contribution < 1.29 is 42.1 Å². The molecule has 0 aromatic rings. The summed E-state index contributed by atoms with van der Waals surface area (Å²) >= 11 is 0. The van der Waals surface area contributed by atoms with E-state index in [9.17, 15) is 19.0 Å². The zero-order chi connectivity index (χ0) is 64.1. The molecule has 0 bridgehead atoms. The standard InChI is InChI=1S/C78H132NO8P/c1-6-8-10-12-14-16-18-20-22-24-26-28-30-32-34-36-37-38-39-40-41-43-44-46-48-50-52-54-56-58-60-62-64-66-68-70-77(80)84-74-76(75-86-88(82,83)85-73-72-79(3,4)5)87-78(81)71-69-67-65-63-61-59-57-55-53-51-49-47-45-42-35-33-31-29-27-25-23-21-19-17-15-13-11-9-7-2/h8-11,14-17,20-23,26-29,33,35,45,47,51,53,57,59,76H,6-7,12-13,18-19,24-25,30-32,34,36-44,46,48-50,52,54-56,58,60-75H2,1-5H3/p+1/b10-8-,11-9-,16-14-,17-15-,22-20-,23-21-,28-26-,29-27-,35-33-,47-45-,53-51-,59-57-. The summed E-state index contributed by atoms with van der Waals surface area (Å²) in [7, 11) is 1.45. The fourth-order valence-corrected chi connectivity index (χ4v) is 10.2. The van der Waals surface area contributed by atoms with Gasteiger partial charge in [-0.2, -0.15) is 0 Å². The lowest BCUT2D eigenvalue weighted by molar-refractivity contribution is -0.870. The molecule has 10 heteroatoms. The van der Waals surface area contributed by atoms with Crippen molar-refractivity contribution in [3.8, 4) is 0 Å². The summed E-state index contributed by atoms with van der Waals surface area (Å²) in [4.78, 5) is 35.9. The van der Waals surface area contributed by atoms with Crippen molar-refractivity contribution in [2.45, 2.75) is 290 Å². The molecule has 0 heterocycles. The first kappa shape index (κ1) is 83.9. The Hall–Kier alpha value is -4.11. The van der Waals surface area contributed by atoms with Crippen molar-refractivity contribution in [3.63, 3.8) is 0 Å². The van der Waals surface area contributed by atoms with Gasteiger partial charge in [0.25, 0.3) is 0 Å². The molecule has 2 unspecified atom stereocenters. The number of phosphoric acid groups is 1. The summed E-state index contributed by atoms with van der Waals surface area (Å²) in [5, 5.41) is 0. The molecule has 0 amide bonds. The van der Waals surface area contributed by atoms with Gasteiger partial charge >= 0.3 is 19.8 Å². The topological polar surface area (TPSA) is 108 Å². The number of hydrogen-bond donors (Lipinski definition) is 1. The molecule has 0 fully saturated rings. The van der Waals surface area contributed by atoms with Crippen LogP contribution in [0.5, 0.6) is 0 Å². The Morgan fingerprint density at radius 1 is 0.352 bits per heavy atom. The number of rotatable bonds is 64. The first-order chi connectivity index (χ1) is 43.0. The predicted molar refractivity (Wildman–Crippen MR) is 380 cm³/mol. The van der Waals surface area contributed by atoms with Gasteiger partial charge in [-0.05, 0) is 116 Å². The number of esters is 2. The number of unbranched alkanes of at least 4 members (excludes halogenated alkanes) is 26. The first-order valence-electron chi connectivity index (χ1n) is 35.6. The average molecular weight is 1240 g/mol. The molecule has 0 radical (unpaired) electrons. The van der Waals surface area contributed by atoms with Crippen LogP contribution in [0.1, 0.15) is 284 Å². The maximum atomic E-state index is 12.9. The molecule has 0 rings (SSSR count). The van der Waals surface area contributed by atoms with Crippen LogP contribution in [0.25, 0.3) is 0 Å². The lowest BCUT2D eigenvalue weighted by atomic mass is 10.0. The molecule has 0 aliphatic heterocycles. The minimum absolute atomic E-state index is 0.0202. The number of quaternary nitrogens is 1. The van der Waals surface area contributed by atoms with Crippen LogP contribution in [0.2, 0.25) is 0 Å². The molecule has 0 aromatic heterocycles. The minimum atomic E-state index is -4.41. The van der Waals surface area contributed by atoms with Crippen LogP contribution in [0.15, 0.2) is 146 Å². The Morgan fingerprint density at radius 2 is 0.614 bits per heavy atom. The highest BCUT2D eigenvalue weighted by molar-refractivity contribution is 7.47. The molecule has 0 saturated carbocycles. The van der Waals surface area contributed by atoms with E-state index in [0.717, 1.165) is 122 Å². The first-order valence-corrected chi connectivity index (χ1v) is 37.1. The predicted octanol–water partition coefficient (Wildman–Crippen LogP) is 23.4. The monoisotopic (exact) mass is 1240 g/mol. The van der Waals surface area contributed by atoms with Crippen LogP contribution in [0.3, 0.4) is 0 Å². The van der Waals surface area contributed by atoms with Gasteiger partial charge in [-0.1, -0.05) is 301 Å². The average Bonchev–Trinajstić information content (AvgIpc) is 3.68. The lowest BCUT2D eigenvalue weighted by Gasteiger charge is -2.24. The van der Waals surface area contributed by atoms with Crippen molar-refractivity contribution >= 4 is 19.8 Å². The zero-order valence-electron chi connectivity index (χ0n) is 57.2. The molecule has 0 aliphatic carbocycles. The number of phosphoric ester groups is 1. The van der Waals surface area contributed by atoms with Crippen molar-refractivity contribution in [2.75, 3.05) is 47.5 Å². The third kappa shape index (κ3) is 71.0. The van der Waals surface area contributed by atoms with E-state index in [0.29, 0.717) is 17.4 Å². The van der Waals surface area contributed by atoms with E-state index in [-0.39, 0.29) is 32.0 Å². The quantitative estimate of drug-likeness (QED) is 0.0211. The summed E-state index contributed by atoms with van der Waals surface area (Å²) in [6, 6.07) is 0. The van der Waals surface area contributed by atoms with E-state index in [1.165, 1.54) is 128 Å². The van der Waals surface area contributed by atoms with Crippen molar-refractivity contribution in [3.05, 3.63) is 146 Å². The highest BCUT2D eigenvalue weighted by Gasteiger charge is 2.27. The highest BCUT2D eigenvalue weighted by Crippen LogP contribution is 2.43. The van der Waals surface area contributed by atoms with Gasteiger partial charge in [0.15, 0.2) is 6.10 Å². The normalized spacial score (nSPS) is 14.0. The number of nitrogens with zero attached hydrogens (tertiary/aromatic N) is 1. The molecule has 0 spiro atoms. The number of allylic oxidation sites excluding steroid dienone is 24. The van der Waals surface area contributed by atoms with Crippen LogP contribution in [0.4, 0.5) is 0 Å². The van der Waals surface area contributed by atoms with Crippen molar-refractivity contribution in [1.82, 2.24) is 0 Å². The number of likely N-dealkylation sites (N-methyl/N-ethyl adjacent to an activating group) is 1. The Kier molecular flexibility index (Phi) is 64.1. The summed E-state index contributed by atoms with van der Waals surface area (Å²) < 4.78 is 34.7. The molecule has 0 aromatic carbocycles. The van der Waals surface area contributed by atoms with Gasteiger partial charge in [0, 0.05) is 12.8 Å². The number of hydrogen-bond acceptors (Lipinski definition) is 7. The highest BCUT2D eigenvalue weighted by atomic mass is 31.2. The maximum Gasteiger partial charge on any atom is 0.472 e. The molecule has 0 saturated heterocycles. The van der Waals surface area contributed by atoms with Crippen LogP contribution in [0, 0.1) is 0 Å². The third-order valence-corrected chi connectivity index (χ3v) is 15.8. The van der Waals surface area contributed by atoms with Crippen LogP contribution in [-0.4, -0.2) is 74.9 Å². The largest absolute Gasteiger partial charge is 0.472 e. The fourth-order valence-electron chi connectivity index (χ4n) is 9.50. The van der Waals surface area contributed by atoms with Gasteiger partial charge in [-0.3, -0.25) is 18.6 Å². The molecule has 502 valence electrons. The van der Waals surface area contributed by atoms with Crippen molar-refractivity contribution in [2.24, 2.45) is 0 Å². The van der Waals surface area contributed by atoms with Gasteiger partial charge in [0.05, 0.1) is 27.7 Å². The van der Waals surface area contributed by atoms with Gasteiger partial charge in [-0.15, -0.1) is 0 Å². The fraction of sp³-hybridized carbons (Fsp3) is 0.667. The van der Waals surface area contributed by atoms with Crippen LogP contribution in [-0.2, 0) is 32.7 Å². The second kappa shape index (κ2) is 67.3. The number of ether oxygens (including phenoxy) is 2. The van der Waals surface area contributed by atoms with Crippen LogP contribution >= 0.6 is 7.82 Å². The molecule has 88 heavy (non-hydrogen) atoms. The Labute approximate surface area is 542 Å². The number of carbonyl (C=O) groups is 2. The lowest BCUT2D eigenvalue weighted by Crippen LogP contribution is -2.37. The Morgan fingerprint density at radius 3 is 0.909 bits per heavy atom. The number of carbonyl (C=O) groups excluding carboxylic acids is 2. The molecule has 1 N–H and O–H groups in total. The zero-order valence-corrected chi connectivity index (χ0v) is 58.1. The van der Waals surface area contributed by atoms with Crippen molar-refractivity contribution in [1.29, 1.82) is 0 Å². The SMILES string of the molecule is CC/C=C\C/C=C\C/C=C\C/C=C\C/C=C\C/C=C\C/C=C\C/C=C\CCCCCCC(=O)OC(COC(=O)CCCCCCCCCCCCCCCCCCCCCCCC/C=C\C/C=C\C/C=C\C/C=C\CC)COP(=O)(O)OCC[N+](C)(C)C. The molecular weight excluding hydrogens is 1110 g/mol. The van der Waals surface area contributed by atoms with Gasteiger partial charge in [-0.25, -0.2) is 4.57 Å². The smallest absolute Gasteiger partial charge is 0.462 e. The van der Waals surface area contributed by atoms with E-state index in [1.54, 1.807) is 0 Å².